The Hall–Kier alpha value is -4.22. The lowest BCUT2D eigenvalue weighted by Crippen LogP contribution is -2.30. The summed E-state index contributed by atoms with van der Waals surface area (Å²) in [5.74, 6) is -3.99. The second-order valence-corrected chi connectivity index (χ2v) is 9.72. The highest BCUT2D eigenvalue weighted by Gasteiger charge is 2.47. The molecule has 1 aliphatic heterocycles. The molecule has 3 aromatic rings. The van der Waals surface area contributed by atoms with Crippen LogP contribution in [-0.2, 0) is 19.6 Å². The van der Waals surface area contributed by atoms with Gasteiger partial charge in [0.1, 0.15) is 11.6 Å². The van der Waals surface area contributed by atoms with Crippen LogP contribution in [0.25, 0.3) is 5.76 Å². The Morgan fingerprint density at radius 2 is 1.58 bits per heavy atom. The highest BCUT2D eigenvalue weighted by Crippen LogP contribution is 2.43. The number of carbonyl (C=O) groups is 2. The first-order valence-corrected chi connectivity index (χ1v) is 12.1. The van der Waals surface area contributed by atoms with Crippen molar-refractivity contribution in [2.45, 2.75) is 10.9 Å². The van der Waals surface area contributed by atoms with Gasteiger partial charge in [0.05, 0.1) is 16.5 Å². The number of hydrogen-bond donors (Lipinski definition) is 3. The predicted molar refractivity (Wildman–Crippen MR) is 132 cm³/mol. The summed E-state index contributed by atoms with van der Waals surface area (Å²) in [6.45, 7) is 0. The molecule has 184 valence electrons. The summed E-state index contributed by atoms with van der Waals surface area (Å²) in [5, 5.41) is 11.4. The summed E-state index contributed by atoms with van der Waals surface area (Å²) in [6.07, 6.45) is 0. The van der Waals surface area contributed by atoms with Crippen molar-refractivity contribution in [3.63, 3.8) is 0 Å². The number of nitrogens with zero attached hydrogens (tertiary/aromatic N) is 2. The monoisotopic (exact) mass is 528 g/mol. The minimum Gasteiger partial charge on any atom is -0.507 e. The molecule has 0 saturated carbocycles. The van der Waals surface area contributed by atoms with Gasteiger partial charge in [-0.05, 0) is 54.6 Å². The van der Waals surface area contributed by atoms with Crippen molar-refractivity contribution in [1.29, 1.82) is 0 Å². The van der Waals surface area contributed by atoms with E-state index in [-0.39, 0.29) is 27.3 Å². The normalized spacial score (nSPS) is 17.3. The van der Waals surface area contributed by atoms with Crippen molar-refractivity contribution >= 4 is 50.7 Å². The fraction of sp³-hybridized carbons (Fsp3) is 0.0417. The van der Waals surface area contributed by atoms with Crippen LogP contribution in [0, 0.1) is 5.82 Å². The first-order valence-electron chi connectivity index (χ1n) is 10.3. The third-order valence-corrected chi connectivity index (χ3v) is 6.97. The van der Waals surface area contributed by atoms with Gasteiger partial charge in [-0.15, -0.1) is 4.40 Å². The lowest BCUT2D eigenvalue weighted by molar-refractivity contribution is -0.132. The van der Waals surface area contributed by atoms with E-state index >= 15 is 0 Å². The molecule has 1 saturated heterocycles. The molecule has 0 bridgehead atoms. The quantitative estimate of drug-likeness (QED) is 0.151. The van der Waals surface area contributed by atoms with Crippen LogP contribution in [0.15, 0.2) is 87.7 Å². The summed E-state index contributed by atoms with van der Waals surface area (Å²) >= 11 is 5.91. The molecule has 9 nitrogen and oxygen atoms in total. The lowest BCUT2D eigenvalue weighted by Gasteiger charge is -2.25. The number of benzene rings is 3. The molecule has 3 aromatic carbocycles. The number of ketones is 1. The van der Waals surface area contributed by atoms with Crippen LogP contribution in [-0.4, -0.2) is 31.2 Å². The predicted octanol–water partition coefficient (Wildman–Crippen LogP) is 3.07. The van der Waals surface area contributed by atoms with Gasteiger partial charge >= 0.3 is 0 Å². The van der Waals surface area contributed by atoms with Crippen LogP contribution in [0.3, 0.4) is 0 Å². The second-order valence-electron chi connectivity index (χ2n) is 7.68. The van der Waals surface area contributed by atoms with Crippen molar-refractivity contribution in [2.24, 2.45) is 15.9 Å². The molecular weight excluding hydrogens is 511 g/mol. The number of halogens is 2. The van der Waals surface area contributed by atoms with Gasteiger partial charge in [-0.1, -0.05) is 29.8 Å². The van der Waals surface area contributed by atoms with E-state index in [1.807, 2.05) is 0 Å². The van der Waals surface area contributed by atoms with E-state index < -0.39 is 45.3 Å². The van der Waals surface area contributed by atoms with Crippen molar-refractivity contribution < 1.29 is 27.5 Å². The fourth-order valence-corrected chi connectivity index (χ4v) is 4.81. The summed E-state index contributed by atoms with van der Waals surface area (Å²) in [4.78, 5) is 27.0. The zero-order valence-corrected chi connectivity index (χ0v) is 19.9. The third-order valence-electron chi connectivity index (χ3n) is 5.40. The smallest absolute Gasteiger partial charge is 0.300 e. The molecule has 1 fully saturated rings. The van der Waals surface area contributed by atoms with E-state index in [2.05, 4.69) is 4.40 Å². The molecule has 4 rings (SSSR count). The number of amides is 1. The standard InChI is InChI=1S/C24H18ClFN4O5S/c25-14-7-5-13(6-8-14)21(31)19-20(17-3-1-2-4-18(17)26)30(23(33)22(19)32)15-9-11-16(12-10-15)36(34,35)29-24(27)28/h1-12,20,31H,(H4,27,28,29)/b21-19+. The van der Waals surface area contributed by atoms with Gasteiger partial charge in [-0.25, -0.2) is 4.39 Å². The Balaban J connectivity index is 1.90. The van der Waals surface area contributed by atoms with Crippen LogP contribution in [0.2, 0.25) is 5.02 Å². The molecule has 0 spiro atoms. The summed E-state index contributed by atoms with van der Waals surface area (Å²) < 4.78 is 42.6. The molecule has 1 heterocycles. The Labute approximate surface area is 210 Å². The van der Waals surface area contributed by atoms with Crippen LogP contribution >= 0.6 is 11.6 Å². The van der Waals surface area contributed by atoms with Crippen molar-refractivity contribution in [3.05, 3.63) is 100 Å². The van der Waals surface area contributed by atoms with Crippen molar-refractivity contribution in [3.8, 4) is 0 Å². The van der Waals surface area contributed by atoms with Gasteiger partial charge in [-0.2, -0.15) is 8.42 Å². The molecule has 36 heavy (non-hydrogen) atoms. The van der Waals surface area contributed by atoms with Crippen molar-refractivity contribution in [1.82, 2.24) is 0 Å². The van der Waals surface area contributed by atoms with E-state index in [0.29, 0.717) is 5.02 Å². The number of anilines is 1. The van der Waals surface area contributed by atoms with Gasteiger partial charge in [0.2, 0.25) is 5.96 Å². The maximum absolute atomic E-state index is 14.9. The Morgan fingerprint density at radius 1 is 0.972 bits per heavy atom. The number of nitrogens with two attached hydrogens (primary N) is 2. The Bertz CT molecular complexity index is 1530. The van der Waals surface area contributed by atoms with Crippen LogP contribution in [0.1, 0.15) is 17.2 Å². The maximum Gasteiger partial charge on any atom is 0.300 e. The molecule has 0 aliphatic carbocycles. The number of carbonyl (C=O) groups excluding carboxylic acids is 2. The molecule has 0 radical (unpaired) electrons. The average Bonchev–Trinajstić information content (AvgIpc) is 3.09. The zero-order valence-electron chi connectivity index (χ0n) is 18.3. The molecule has 1 amide bonds. The van der Waals surface area contributed by atoms with E-state index in [1.54, 1.807) is 0 Å². The maximum atomic E-state index is 14.9. The van der Waals surface area contributed by atoms with Gasteiger partial charge < -0.3 is 16.6 Å². The van der Waals surface area contributed by atoms with Gasteiger partial charge in [0.25, 0.3) is 21.7 Å². The van der Waals surface area contributed by atoms with E-state index in [9.17, 15) is 27.5 Å². The topological polar surface area (TPSA) is 156 Å². The Morgan fingerprint density at radius 3 is 2.17 bits per heavy atom. The summed E-state index contributed by atoms with van der Waals surface area (Å²) in [7, 11) is -4.21. The molecular formula is C24H18ClFN4O5S. The number of sulfonamides is 1. The second kappa shape index (κ2) is 9.44. The number of aliphatic hydroxyl groups is 1. The van der Waals surface area contributed by atoms with Crippen LogP contribution in [0.5, 0.6) is 0 Å². The number of rotatable bonds is 5. The Kier molecular flexibility index (Phi) is 6.53. The van der Waals surface area contributed by atoms with E-state index in [4.69, 9.17) is 23.1 Å². The molecule has 1 aliphatic rings. The average molecular weight is 529 g/mol. The van der Waals surface area contributed by atoms with Crippen molar-refractivity contribution in [2.75, 3.05) is 4.90 Å². The van der Waals surface area contributed by atoms with E-state index in [0.717, 1.165) is 23.1 Å². The van der Waals surface area contributed by atoms with Gasteiger partial charge in [-0.3, -0.25) is 14.5 Å². The fourth-order valence-electron chi connectivity index (χ4n) is 3.82. The minimum atomic E-state index is -4.21. The van der Waals surface area contributed by atoms with E-state index in [1.165, 1.54) is 54.6 Å². The highest BCUT2D eigenvalue weighted by molar-refractivity contribution is 7.90. The minimum absolute atomic E-state index is 0.0515. The molecule has 1 atom stereocenters. The van der Waals surface area contributed by atoms with Gasteiger partial charge in [0.15, 0.2) is 0 Å². The first-order chi connectivity index (χ1) is 17.0. The summed E-state index contributed by atoms with van der Waals surface area (Å²) in [6, 6.07) is 14.8. The largest absolute Gasteiger partial charge is 0.507 e. The number of Topliss-reactive ketones (excluding diaryl/α,β-unsaturated/α-hetero) is 1. The molecule has 0 aromatic heterocycles. The summed E-state index contributed by atoms with van der Waals surface area (Å²) in [5.41, 5.74) is 10.2. The molecule has 1 unspecified atom stereocenters. The van der Waals surface area contributed by atoms with Crippen LogP contribution in [0.4, 0.5) is 10.1 Å². The highest BCUT2D eigenvalue weighted by atomic mass is 35.5. The third kappa shape index (κ3) is 4.53. The number of aliphatic hydroxyl groups excluding tert-OH is 1. The SMILES string of the molecule is NC(N)=NS(=O)(=O)c1ccc(N2C(=O)C(=O)/C(=C(/O)c3ccc(Cl)cc3)C2c2ccccc2F)cc1. The van der Waals surface area contributed by atoms with Gasteiger partial charge in [0, 0.05) is 21.8 Å². The molecule has 12 heteroatoms. The number of guanidine groups is 1. The first kappa shape index (κ1) is 24.9. The zero-order chi connectivity index (χ0) is 26.2. The van der Waals surface area contributed by atoms with Crippen LogP contribution < -0.4 is 16.4 Å². The lowest BCUT2D eigenvalue weighted by atomic mass is 9.94. The molecule has 5 N–H and O–H groups in total. The number of hydrogen-bond acceptors (Lipinski definition) is 5.